The number of halogens is 1. The van der Waals surface area contributed by atoms with Crippen LogP contribution in [0, 0.1) is 5.92 Å². The summed E-state index contributed by atoms with van der Waals surface area (Å²) in [6, 6.07) is 4.30. The SMILES string of the molecule is CC(Nc1c(Cl)ccc2scnc12)C1CCOC1. The second kappa shape index (κ2) is 5.03. The second-order valence-electron chi connectivity index (χ2n) is 4.68. The number of nitrogens with one attached hydrogen (secondary N) is 1. The number of rotatable bonds is 3. The zero-order valence-electron chi connectivity index (χ0n) is 10.1. The van der Waals surface area contributed by atoms with Gasteiger partial charge in [0.2, 0.25) is 0 Å². The van der Waals surface area contributed by atoms with Gasteiger partial charge in [0.05, 0.1) is 27.5 Å². The second-order valence-corrected chi connectivity index (χ2v) is 5.97. The van der Waals surface area contributed by atoms with Crippen LogP contribution in [0.5, 0.6) is 0 Å². The fraction of sp³-hybridized carbons (Fsp3) is 0.462. The monoisotopic (exact) mass is 282 g/mol. The van der Waals surface area contributed by atoms with Crippen molar-refractivity contribution in [3.8, 4) is 0 Å². The van der Waals surface area contributed by atoms with E-state index in [1.165, 1.54) is 0 Å². The van der Waals surface area contributed by atoms with Crippen LogP contribution in [0.25, 0.3) is 10.2 Å². The highest BCUT2D eigenvalue weighted by Crippen LogP contribution is 2.33. The molecule has 1 aliphatic rings. The van der Waals surface area contributed by atoms with Crippen LogP contribution in [-0.4, -0.2) is 24.2 Å². The highest BCUT2D eigenvalue weighted by molar-refractivity contribution is 7.16. The van der Waals surface area contributed by atoms with Crippen molar-refractivity contribution in [1.82, 2.24) is 4.98 Å². The summed E-state index contributed by atoms with van der Waals surface area (Å²) in [5.74, 6) is 0.551. The van der Waals surface area contributed by atoms with Crippen molar-refractivity contribution in [3.63, 3.8) is 0 Å². The molecule has 2 heterocycles. The Morgan fingerprint density at radius 1 is 1.56 bits per heavy atom. The fourth-order valence-electron chi connectivity index (χ4n) is 2.34. The van der Waals surface area contributed by atoms with Gasteiger partial charge in [-0.2, -0.15) is 0 Å². The maximum atomic E-state index is 6.28. The zero-order chi connectivity index (χ0) is 12.5. The van der Waals surface area contributed by atoms with E-state index >= 15 is 0 Å². The first kappa shape index (κ1) is 12.2. The summed E-state index contributed by atoms with van der Waals surface area (Å²) in [6.07, 6.45) is 1.11. The highest BCUT2D eigenvalue weighted by Gasteiger charge is 2.23. The zero-order valence-corrected chi connectivity index (χ0v) is 11.7. The molecule has 1 aliphatic heterocycles. The molecule has 96 valence electrons. The lowest BCUT2D eigenvalue weighted by Gasteiger charge is -2.21. The smallest absolute Gasteiger partial charge is 0.106 e. The summed E-state index contributed by atoms with van der Waals surface area (Å²) in [5.41, 5.74) is 3.78. The summed E-state index contributed by atoms with van der Waals surface area (Å²) in [7, 11) is 0. The van der Waals surface area contributed by atoms with E-state index in [-0.39, 0.29) is 0 Å². The number of benzene rings is 1. The van der Waals surface area contributed by atoms with Gasteiger partial charge in [0.15, 0.2) is 0 Å². The van der Waals surface area contributed by atoms with Gasteiger partial charge >= 0.3 is 0 Å². The van der Waals surface area contributed by atoms with Crippen molar-refractivity contribution in [2.45, 2.75) is 19.4 Å². The van der Waals surface area contributed by atoms with Crippen molar-refractivity contribution in [2.24, 2.45) is 5.92 Å². The molecule has 0 spiro atoms. The van der Waals surface area contributed by atoms with Crippen LogP contribution in [0.1, 0.15) is 13.3 Å². The normalized spacial score (nSPS) is 21.3. The third kappa shape index (κ3) is 2.20. The van der Waals surface area contributed by atoms with Gasteiger partial charge in [-0.25, -0.2) is 4.98 Å². The van der Waals surface area contributed by atoms with Crippen molar-refractivity contribution in [1.29, 1.82) is 0 Å². The van der Waals surface area contributed by atoms with E-state index in [1.807, 2.05) is 17.6 Å². The lowest BCUT2D eigenvalue weighted by molar-refractivity contribution is 0.183. The number of nitrogens with zero attached hydrogens (tertiary/aromatic N) is 1. The molecule has 2 aromatic rings. The van der Waals surface area contributed by atoms with E-state index < -0.39 is 0 Å². The molecule has 18 heavy (non-hydrogen) atoms. The predicted octanol–water partition coefficient (Wildman–Crippen LogP) is 3.79. The number of hydrogen-bond acceptors (Lipinski definition) is 4. The van der Waals surface area contributed by atoms with Crippen LogP contribution < -0.4 is 5.32 Å². The minimum Gasteiger partial charge on any atom is -0.381 e. The number of fused-ring (bicyclic) bond motifs is 1. The van der Waals surface area contributed by atoms with E-state index in [0.29, 0.717) is 12.0 Å². The average molecular weight is 283 g/mol. The predicted molar refractivity (Wildman–Crippen MR) is 76.6 cm³/mol. The van der Waals surface area contributed by atoms with Gasteiger partial charge in [0, 0.05) is 18.6 Å². The molecule has 2 unspecified atom stereocenters. The maximum absolute atomic E-state index is 6.28. The van der Waals surface area contributed by atoms with E-state index in [2.05, 4.69) is 17.2 Å². The Labute approximate surface area is 115 Å². The number of anilines is 1. The van der Waals surface area contributed by atoms with Gasteiger partial charge in [0.25, 0.3) is 0 Å². The van der Waals surface area contributed by atoms with Crippen LogP contribution in [0.15, 0.2) is 17.6 Å². The fourth-order valence-corrected chi connectivity index (χ4v) is 3.23. The van der Waals surface area contributed by atoms with Gasteiger partial charge in [-0.1, -0.05) is 11.6 Å². The Morgan fingerprint density at radius 3 is 3.22 bits per heavy atom. The van der Waals surface area contributed by atoms with Crippen LogP contribution in [0.3, 0.4) is 0 Å². The number of thiazole rings is 1. The first-order valence-corrected chi connectivity index (χ1v) is 7.37. The minimum absolute atomic E-state index is 0.345. The van der Waals surface area contributed by atoms with E-state index in [1.54, 1.807) is 11.3 Å². The summed E-state index contributed by atoms with van der Waals surface area (Å²) in [4.78, 5) is 4.40. The molecule has 3 nitrogen and oxygen atoms in total. The van der Waals surface area contributed by atoms with Crippen molar-refractivity contribution >= 4 is 38.8 Å². The van der Waals surface area contributed by atoms with E-state index in [4.69, 9.17) is 16.3 Å². The van der Waals surface area contributed by atoms with Crippen LogP contribution >= 0.6 is 22.9 Å². The standard InChI is InChI=1S/C13H15ClN2OS/c1-8(9-4-5-17-6-9)16-12-10(14)2-3-11-13(12)15-7-18-11/h2-3,7-9,16H,4-6H2,1H3. The van der Waals surface area contributed by atoms with Gasteiger partial charge in [-0.05, 0) is 25.5 Å². The number of ether oxygens (including phenoxy) is 1. The lowest BCUT2D eigenvalue weighted by Crippen LogP contribution is -2.26. The summed E-state index contributed by atoms with van der Waals surface area (Å²) in [6.45, 7) is 3.88. The van der Waals surface area contributed by atoms with E-state index in [0.717, 1.165) is 40.6 Å². The lowest BCUT2D eigenvalue weighted by atomic mass is 10.0. The molecule has 3 rings (SSSR count). The van der Waals surface area contributed by atoms with Crippen molar-refractivity contribution in [2.75, 3.05) is 18.5 Å². The van der Waals surface area contributed by atoms with Crippen molar-refractivity contribution < 1.29 is 4.74 Å². The van der Waals surface area contributed by atoms with Crippen molar-refractivity contribution in [3.05, 3.63) is 22.7 Å². The molecule has 1 aromatic carbocycles. The van der Waals surface area contributed by atoms with Gasteiger partial charge in [-0.15, -0.1) is 11.3 Å². The first-order valence-electron chi connectivity index (χ1n) is 6.11. The summed E-state index contributed by atoms with van der Waals surface area (Å²) >= 11 is 7.92. The third-order valence-electron chi connectivity index (χ3n) is 3.50. The van der Waals surface area contributed by atoms with E-state index in [9.17, 15) is 0 Å². The summed E-state index contributed by atoms with van der Waals surface area (Å²) in [5, 5.41) is 4.25. The minimum atomic E-state index is 0.345. The molecular weight excluding hydrogens is 268 g/mol. The van der Waals surface area contributed by atoms with Gasteiger partial charge in [-0.3, -0.25) is 0 Å². The Kier molecular flexibility index (Phi) is 3.41. The Balaban J connectivity index is 1.88. The summed E-state index contributed by atoms with van der Waals surface area (Å²) < 4.78 is 6.60. The molecule has 0 amide bonds. The van der Waals surface area contributed by atoms with Crippen LogP contribution in [0.4, 0.5) is 5.69 Å². The van der Waals surface area contributed by atoms with Gasteiger partial charge < -0.3 is 10.1 Å². The largest absolute Gasteiger partial charge is 0.381 e. The molecule has 1 saturated heterocycles. The Morgan fingerprint density at radius 2 is 2.44 bits per heavy atom. The highest BCUT2D eigenvalue weighted by atomic mass is 35.5. The molecule has 1 fully saturated rings. The molecule has 1 N–H and O–H groups in total. The quantitative estimate of drug-likeness (QED) is 0.930. The number of hydrogen-bond donors (Lipinski definition) is 1. The molecule has 2 atom stereocenters. The molecule has 0 radical (unpaired) electrons. The Hall–Kier alpha value is -0.840. The molecule has 1 aromatic heterocycles. The maximum Gasteiger partial charge on any atom is 0.106 e. The van der Waals surface area contributed by atoms with Crippen LogP contribution in [-0.2, 0) is 4.74 Å². The molecule has 5 heteroatoms. The third-order valence-corrected chi connectivity index (χ3v) is 4.60. The van der Waals surface area contributed by atoms with Crippen LogP contribution in [0.2, 0.25) is 5.02 Å². The first-order chi connectivity index (χ1) is 8.75. The average Bonchev–Trinajstić information content (AvgIpc) is 3.02. The molecule has 0 aliphatic carbocycles. The Bertz CT molecular complexity index is 551. The molecule has 0 bridgehead atoms. The molecular formula is C13H15ClN2OS. The topological polar surface area (TPSA) is 34.2 Å². The van der Waals surface area contributed by atoms with Gasteiger partial charge in [0.1, 0.15) is 5.52 Å². The molecule has 0 saturated carbocycles. The number of aromatic nitrogens is 1.